The summed E-state index contributed by atoms with van der Waals surface area (Å²) in [6.07, 6.45) is 1.53. The van der Waals surface area contributed by atoms with Gasteiger partial charge in [0.1, 0.15) is 0 Å². The van der Waals surface area contributed by atoms with Crippen LogP contribution in [0.5, 0.6) is 0 Å². The maximum absolute atomic E-state index is 11.0. The number of primary amides is 1. The second-order valence-corrected chi connectivity index (χ2v) is 4.06. The molecule has 0 bridgehead atoms. The first-order valence-electron chi connectivity index (χ1n) is 5.56. The Morgan fingerprint density at radius 3 is 2.94 bits per heavy atom. The maximum atomic E-state index is 11.0. The Morgan fingerprint density at radius 1 is 1.47 bits per heavy atom. The molecule has 17 heavy (non-hydrogen) atoms. The molecule has 0 spiro atoms. The zero-order chi connectivity index (χ0) is 12.3. The third-order valence-corrected chi connectivity index (χ3v) is 2.86. The first kappa shape index (κ1) is 11.4. The van der Waals surface area contributed by atoms with Crippen molar-refractivity contribution in [3.63, 3.8) is 0 Å². The van der Waals surface area contributed by atoms with Crippen LogP contribution in [0.25, 0.3) is 0 Å². The molecule has 1 heterocycles. The van der Waals surface area contributed by atoms with Crippen molar-refractivity contribution in [2.24, 2.45) is 10.9 Å². The van der Waals surface area contributed by atoms with Crippen molar-refractivity contribution >= 4 is 17.3 Å². The average Bonchev–Trinajstić information content (AvgIpc) is 2.49. The number of carbonyl (C=O) groups excluding carboxylic acids is 1. The van der Waals surface area contributed by atoms with Crippen LogP contribution in [-0.2, 0) is 4.79 Å². The van der Waals surface area contributed by atoms with Crippen LogP contribution in [0.15, 0.2) is 29.4 Å². The molecule has 0 aromatic heterocycles. The van der Waals surface area contributed by atoms with Crippen molar-refractivity contribution in [3.8, 4) is 0 Å². The second kappa shape index (κ2) is 4.86. The molecule has 0 saturated carbocycles. The minimum absolute atomic E-state index is 0.190. The van der Waals surface area contributed by atoms with Crippen molar-refractivity contribution in [1.82, 2.24) is 0 Å². The summed E-state index contributed by atoms with van der Waals surface area (Å²) in [5.74, 6) is -0.357. The third-order valence-electron chi connectivity index (χ3n) is 2.86. The van der Waals surface area contributed by atoms with Gasteiger partial charge in [-0.25, -0.2) is 0 Å². The van der Waals surface area contributed by atoms with Gasteiger partial charge in [-0.2, -0.15) is 0 Å². The lowest BCUT2D eigenvalue weighted by Crippen LogP contribution is -2.34. The predicted molar refractivity (Wildman–Crippen MR) is 65.4 cm³/mol. The maximum Gasteiger partial charge on any atom is 0.236 e. The topological polar surface area (TPSA) is 78.9 Å². The largest absolute Gasteiger partial charge is 0.411 e. The molecule has 3 N–H and O–H groups in total. The lowest BCUT2D eigenvalue weighted by Gasteiger charge is -2.22. The fourth-order valence-corrected chi connectivity index (χ4v) is 2.14. The molecule has 0 aliphatic carbocycles. The van der Waals surface area contributed by atoms with E-state index in [1.54, 1.807) is 0 Å². The molecule has 90 valence electrons. The minimum atomic E-state index is -0.357. The molecule has 0 saturated heterocycles. The molecule has 1 aliphatic rings. The molecule has 0 radical (unpaired) electrons. The van der Waals surface area contributed by atoms with Gasteiger partial charge in [0.2, 0.25) is 5.91 Å². The quantitative estimate of drug-likeness (QED) is 0.589. The van der Waals surface area contributed by atoms with Gasteiger partial charge in [-0.05, 0) is 18.9 Å². The van der Waals surface area contributed by atoms with E-state index < -0.39 is 0 Å². The number of hydrogen-bond donors (Lipinski definition) is 2. The fraction of sp³-hybridized carbons (Fsp3) is 0.333. The Kier molecular flexibility index (Phi) is 3.27. The van der Waals surface area contributed by atoms with Gasteiger partial charge in [0, 0.05) is 17.8 Å². The van der Waals surface area contributed by atoms with Crippen LogP contribution >= 0.6 is 0 Å². The second-order valence-electron chi connectivity index (χ2n) is 4.06. The Balaban J connectivity index is 2.42. The van der Waals surface area contributed by atoms with Crippen LogP contribution in [0.1, 0.15) is 18.4 Å². The van der Waals surface area contributed by atoms with E-state index in [4.69, 9.17) is 10.9 Å². The molecule has 0 unspecified atom stereocenters. The molecule has 0 atom stereocenters. The summed E-state index contributed by atoms with van der Waals surface area (Å²) in [4.78, 5) is 13.0. The van der Waals surface area contributed by atoms with Crippen molar-refractivity contribution < 1.29 is 10.0 Å². The number of hydrogen-bond acceptors (Lipinski definition) is 4. The van der Waals surface area contributed by atoms with E-state index >= 15 is 0 Å². The molecule has 1 aromatic rings. The van der Waals surface area contributed by atoms with E-state index in [0.29, 0.717) is 12.1 Å². The molecule has 0 fully saturated rings. The monoisotopic (exact) mass is 233 g/mol. The summed E-state index contributed by atoms with van der Waals surface area (Å²) in [6.45, 7) is 0.925. The summed E-state index contributed by atoms with van der Waals surface area (Å²) >= 11 is 0. The summed E-state index contributed by atoms with van der Waals surface area (Å²) in [7, 11) is 0. The Bertz CT molecular complexity index is 457. The van der Waals surface area contributed by atoms with Gasteiger partial charge >= 0.3 is 0 Å². The number of para-hydroxylation sites is 1. The van der Waals surface area contributed by atoms with E-state index in [0.717, 1.165) is 24.2 Å². The van der Waals surface area contributed by atoms with Crippen LogP contribution < -0.4 is 10.6 Å². The standard InChI is InChI=1S/C12H15N3O2/c13-12(16)8-15-7-3-5-10(14-17)9-4-1-2-6-11(9)15/h1-2,4,6,17H,3,5,7-8H2,(H2,13,16)/b14-10-. The normalized spacial score (nSPS) is 17.6. The smallest absolute Gasteiger partial charge is 0.236 e. The number of nitrogens with two attached hydrogens (primary N) is 1. The van der Waals surface area contributed by atoms with E-state index in [1.165, 1.54) is 0 Å². The molecule has 1 aromatic carbocycles. The van der Waals surface area contributed by atoms with Crippen molar-refractivity contribution in [3.05, 3.63) is 29.8 Å². The highest BCUT2D eigenvalue weighted by molar-refractivity contribution is 6.05. The number of anilines is 1. The first-order valence-corrected chi connectivity index (χ1v) is 5.56. The molecular weight excluding hydrogens is 218 g/mol. The summed E-state index contributed by atoms with van der Waals surface area (Å²) in [5.41, 5.74) is 7.67. The number of rotatable bonds is 2. The van der Waals surface area contributed by atoms with Crippen LogP contribution in [0.4, 0.5) is 5.69 Å². The van der Waals surface area contributed by atoms with Crippen LogP contribution in [-0.4, -0.2) is 29.9 Å². The SMILES string of the molecule is NC(=O)CN1CCC/C(=N/O)c2ccccc21. The number of oxime groups is 1. The first-order chi connectivity index (χ1) is 8.22. The number of amides is 1. The zero-order valence-electron chi connectivity index (χ0n) is 9.47. The molecule has 1 aliphatic heterocycles. The van der Waals surface area contributed by atoms with Gasteiger partial charge in [-0.15, -0.1) is 0 Å². The molecular formula is C12H15N3O2. The minimum Gasteiger partial charge on any atom is -0.411 e. The van der Waals surface area contributed by atoms with Gasteiger partial charge < -0.3 is 15.8 Å². The van der Waals surface area contributed by atoms with Gasteiger partial charge in [0.25, 0.3) is 0 Å². The van der Waals surface area contributed by atoms with Gasteiger partial charge in [-0.3, -0.25) is 4.79 Å². The highest BCUT2D eigenvalue weighted by Crippen LogP contribution is 2.26. The predicted octanol–water partition coefficient (Wildman–Crippen LogP) is 0.950. The van der Waals surface area contributed by atoms with E-state index in [-0.39, 0.29) is 12.5 Å². The van der Waals surface area contributed by atoms with Crippen molar-refractivity contribution in [2.75, 3.05) is 18.0 Å². The van der Waals surface area contributed by atoms with E-state index in [1.807, 2.05) is 29.2 Å². The number of carbonyl (C=O) groups is 1. The average molecular weight is 233 g/mol. The highest BCUT2D eigenvalue weighted by Gasteiger charge is 2.20. The van der Waals surface area contributed by atoms with Crippen molar-refractivity contribution in [2.45, 2.75) is 12.8 Å². The Hall–Kier alpha value is -2.04. The van der Waals surface area contributed by atoms with Crippen LogP contribution in [0.2, 0.25) is 0 Å². The lowest BCUT2D eigenvalue weighted by molar-refractivity contribution is -0.116. The number of fused-ring (bicyclic) bond motifs is 1. The van der Waals surface area contributed by atoms with Crippen LogP contribution in [0, 0.1) is 0 Å². The highest BCUT2D eigenvalue weighted by atomic mass is 16.4. The zero-order valence-corrected chi connectivity index (χ0v) is 9.47. The molecule has 5 heteroatoms. The van der Waals surface area contributed by atoms with Gasteiger partial charge in [0.05, 0.1) is 12.3 Å². The van der Waals surface area contributed by atoms with Crippen LogP contribution in [0.3, 0.4) is 0 Å². The molecule has 5 nitrogen and oxygen atoms in total. The van der Waals surface area contributed by atoms with E-state index in [2.05, 4.69) is 5.16 Å². The third kappa shape index (κ3) is 2.38. The van der Waals surface area contributed by atoms with Gasteiger partial charge in [0.15, 0.2) is 0 Å². The lowest BCUT2D eigenvalue weighted by atomic mass is 10.1. The van der Waals surface area contributed by atoms with Crippen molar-refractivity contribution in [1.29, 1.82) is 0 Å². The Morgan fingerprint density at radius 2 is 2.24 bits per heavy atom. The summed E-state index contributed by atoms with van der Waals surface area (Å²) < 4.78 is 0. The fourth-order valence-electron chi connectivity index (χ4n) is 2.14. The Labute approximate surface area is 99.5 Å². The molecule has 1 amide bonds. The van der Waals surface area contributed by atoms with Gasteiger partial charge in [-0.1, -0.05) is 23.4 Å². The number of benzene rings is 1. The summed E-state index contributed by atoms with van der Waals surface area (Å²) in [5, 5.41) is 12.3. The number of nitrogens with zero attached hydrogens (tertiary/aromatic N) is 2. The summed E-state index contributed by atoms with van der Waals surface area (Å²) in [6, 6.07) is 7.59. The molecule has 2 rings (SSSR count). The van der Waals surface area contributed by atoms with E-state index in [9.17, 15) is 4.79 Å².